The molecule has 2 rings (SSSR count). The normalized spacial score (nSPS) is 12.5. The largest absolute Gasteiger partial charge is 0.478 e. The van der Waals surface area contributed by atoms with Gasteiger partial charge in [0, 0.05) is 13.0 Å². The Kier molecular flexibility index (Phi) is 14.8. The van der Waals surface area contributed by atoms with Crippen LogP contribution in [0.15, 0.2) is 54.6 Å². The lowest BCUT2D eigenvalue weighted by Crippen LogP contribution is -2.56. The number of amides is 3. The molecule has 0 bridgehead atoms. The molecule has 0 heterocycles. The van der Waals surface area contributed by atoms with E-state index in [0.29, 0.717) is 12.1 Å². The smallest absolute Gasteiger partial charge is 0.408 e. The number of carboxylic acids is 2. The van der Waals surface area contributed by atoms with E-state index in [2.05, 4.69) is 16.0 Å². The van der Waals surface area contributed by atoms with Crippen molar-refractivity contribution in [3.63, 3.8) is 0 Å². The maximum atomic E-state index is 13.5. The molecule has 0 aromatic heterocycles. The monoisotopic (exact) mass is 629 g/mol. The Morgan fingerprint density at radius 3 is 2.02 bits per heavy atom. The van der Waals surface area contributed by atoms with E-state index in [9.17, 15) is 24.0 Å². The van der Waals surface area contributed by atoms with Crippen LogP contribution in [0.4, 0.5) is 4.79 Å². The van der Waals surface area contributed by atoms with E-state index < -0.39 is 53.6 Å². The van der Waals surface area contributed by atoms with Gasteiger partial charge in [0.25, 0.3) is 6.10 Å². The average Bonchev–Trinajstić information content (AvgIpc) is 2.97. The van der Waals surface area contributed by atoms with Gasteiger partial charge < -0.3 is 40.4 Å². The van der Waals surface area contributed by atoms with Crippen molar-refractivity contribution in [3.05, 3.63) is 65.7 Å². The van der Waals surface area contributed by atoms with Crippen LogP contribution < -0.4 is 20.7 Å². The standard InChI is InChI=1S/C32H43N3O10/c1-5-6-10-17-33-27(36)24(18-21-13-15-23(16-14-21)44-26(29(38)39)30(40)41)34-28(37)25(35-31(42)45-32(2,3)4)20-43-19-22-11-8-7-9-12-22/h7-9,11-16,24-26H,5-6,10,17-20H2,1-4H3,(H,33,36)(H,34,37)(H,35,42)(H,38,39)(H,40,41)/t24-,25?/m0/s1. The number of alkyl carbamates (subject to hydrolysis) is 1. The minimum atomic E-state index is -2.09. The summed E-state index contributed by atoms with van der Waals surface area (Å²) in [6.07, 6.45) is -0.280. The number of carboxylic acid groups (broad SMARTS) is 2. The predicted octanol–water partition coefficient (Wildman–Crippen LogP) is 3.05. The first-order chi connectivity index (χ1) is 21.3. The molecule has 2 atom stereocenters. The van der Waals surface area contributed by atoms with Gasteiger partial charge in [-0.15, -0.1) is 0 Å². The van der Waals surface area contributed by atoms with Crippen molar-refractivity contribution in [1.29, 1.82) is 0 Å². The summed E-state index contributed by atoms with van der Waals surface area (Å²) in [4.78, 5) is 61.6. The number of carbonyl (C=O) groups is 5. The van der Waals surface area contributed by atoms with Gasteiger partial charge >= 0.3 is 18.0 Å². The number of hydrogen-bond donors (Lipinski definition) is 5. The van der Waals surface area contributed by atoms with Crippen LogP contribution in [0, 0.1) is 0 Å². The fraction of sp³-hybridized carbons (Fsp3) is 0.469. The topological polar surface area (TPSA) is 190 Å². The van der Waals surface area contributed by atoms with Gasteiger partial charge in [0.15, 0.2) is 0 Å². The molecule has 0 saturated heterocycles. The summed E-state index contributed by atoms with van der Waals surface area (Å²) in [7, 11) is 0. The molecule has 246 valence electrons. The van der Waals surface area contributed by atoms with Gasteiger partial charge in [-0.2, -0.15) is 0 Å². The van der Waals surface area contributed by atoms with E-state index >= 15 is 0 Å². The molecule has 45 heavy (non-hydrogen) atoms. The number of hydrogen-bond acceptors (Lipinski definition) is 8. The van der Waals surface area contributed by atoms with Crippen molar-refractivity contribution < 1.29 is 48.4 Å². The second-order valence-corrected chi connectivity index (χ2v) is 11.3. The molecule has 0 aliphatic carbocycles. The summed E-state index contributed by atoms with van der Waals surface area (Å²) in [5, 5.41) is 26.2. The van der Waals surface area contributed by atoms with Crippen LogP contribution in [0.3, 0.4) is 0 Å². The molecule has 0 aliphatic heterocycles. The van der Waals surface area contributed by atoms with Crippen molar-refractivity contribution in [2.45, 2.75) is 83.8 Å². The number of nitrogens with one attached hydrogen (secondary N) is 3. The van der Waals surface area contributed by atoms with Crippen LogP contribution in [0.25, 0.3) is 0 Å². The summed E-state index contributed by atoms with van der Waals surface area (Å²) in [5.41, 5.74) is 0.612. The zero-order valence-electron chi connectivity index (χ0n) is 26.0. The Balaban J connectivity index is 2.21. The van der Waals surface area contributed by atoms with Crippen LogP contribution in [0.2, 0.25) is 0 Å². The molecular weight excluding hydrogens is 586 g/mol. The summed E-state index contributed by atoms with van der Waals surface area (Å²) >= 11 is 0. The highest BCUT2D eigenvalue weighted by Gasteiger charge is 2.30. The van der Waals surface area contributed by atoms with Crippen molar-refractivity contribution in [2.75, 3.05) is 13.2 Å². The second-order valence-electron chi connectivity index (χ2n) is 11.3. The zero-order valence-corrected chi connectivity index (χ0v) is 26.0. The van der Waals surface area contributed by atoms with Crippen molar-refractivity contribution in [1.82, 2.24) is 16.0 Å². The Morgan fingerprint density at radius 1 is 0.800 bits per heavy atom. The lowest BCUT2D eigenvalue weighted by Gasteiger charge is -2.25. The molecule has 5 N–H and O–H groups in total. The van der Waals surface area contributed by atoms with Crippen LogP contribution in [-0.2, 0) is 41.7 Å². The van der Waals surface area contributed by atoms with E-state index in [1.54, 1.807) is 20.8 Å². The molecule has 13 heteroatoms. The minimum Gasteiger partial charge on any atom is -0.478 e. The molecular formula is C32H43N3O10. The van der Waals surface area contributed by atoms with Crippen LogP contribution >= 0.6 is 0 Å². The summed E-state index contributed by atoms with van der Waals surface area (Å²) in [6.45, 7) is 7.47. The quantitative estimate of drug-likeness (QED) is 0.121. The molecule has 0 spiro atoms. The minimum absolute atomic E-state index is 0.00431. The summed E-state index contributed by atoms with van der Waals surface area (Å²) in [6, 6.07) is 12.8. The highest BCUT2D eigenvalue weighted by atomic mass is 16.6. The van der Waals surface area contributed by atoms with Gasteiger partial charge in [-0.05, 0) is 50.5 Å². The Bertz CT molecular complexity index is 1250. The van der Waals surface area contributed by atoms with Gasteiger partial charge in [0.2, 0.25) is 11.8 Å². The first kappa shape index (κ1) is 36.5. The second kappa shape index (κ2) is 18.2. The van der Waals surface area contributed by atoms with Gasteiger partial charge in [-0.25, -0.2) is 14.4 Å². The molecule has 1 unspecified atom stereocenters. The highest BCUT2D eigenvalue weighted by molar-refractivity contribution is 5.96. The van der Waals surface area contributed by atoms with Gasteiger partial charge in [0.1, 0.15) is 23.4 Å². The molecule has 2 aromatic rings. The first-order valence-corrected chi connectivity index (χ1v) is 14.7. The summed E-state index contributed by atoms with van der Waals surface area (Å²) < 4.78 is 16.1. The Labute approximate surface area is 262 Å². The van der Waals surface area contributed by atoms with Crippen molar-refractivity contribution in [3.8, 4) is 5.75 Å². The fourth-order valence-electron chi connectivity index (χ4n) is 3.98. The zero-order chi connectivity index (χ0) is 33.4. The SMILES string of the molecule is CCCCCNC(=O)[C@H](Cc1ccc(OC(C(=O)O)C(=O)O)cc1)NC(=O)C(COCc1ccccc1)NC(=O)OC(C)(C)C. The number of unbranched alkanes of at least 4 members (excludes halogenated alkanes) is 2. The molecule has 3 amide bonds. The number of benzene rings is 2. The lowest BCUT2D eigenvalue weighted by molar-refractivity contribution is -0.159. The van der Waals surface area contributed by atoms with Crippen LogP contribution in [0.5, 0.6) is 5.75 Å². The molecule has 0 radical (unpaired) electrons. The third-order valence-corrected chi connectivity index (χ3v) is 6.18. The molecule has 13 nitrogen and oxygen atoms in total. The van der Waals surface area contributed by atoms with E-state index in [0.717, 1.165) is 24.8 Å². The van der Waals surface area contributed by atoms with Gasteiger partial charge in [0.05, 0.1) is 13.2 Å². The molecule has 2 aromatic carbocycles. The number of rotatable bonds is 18. The fourth-order valence-corrected chi connectivity index (χ4v) is 3.98. The van der Waals surface area contributed by atoms with Crippen molar-refractivity contribution >= 4 is 29.8 Å². The number of aliphatic carboxylic acids is 2. The van der Waals surface area contributed by atoms with E-state index in [1.807, 2.05) is 37.3 Å². The van der Waals surface area contributed by atoms with E-state index in [4.69, 9.17) is 24.4 Å². The Morgan fingerprint density at radius 2 is 1.44 bits per heavy atom. The van der Waals surface area contributed by atoms with Crippen LogP contribution in [0.1, 0.15) is 58.1 Å². The molecule has 0 saturated carbocycles. The van der Waals surface area contributed by atoms with E-state index in [1.165, 1.54) is 24.3 Å². The maximum Gasteiger partial charge on any atom is 0.408 e. The molecule has 0 fully saturated rings. The number of ether oxygens (including phenoxy) is 3. The highest BCUT2D eigenvalue weighted by Crippen LogP contribution is 2.16. The predicted molar refractivity (Wildman–Crippen MR) is 164 cm³/mol. The third kappa shape index (κ3) is 14.1. The average molecular weight is 630 g/mol. The first-order valence-electron chi connectivity index (χ1n) is 14.7. The van der Waals surface area contributed by atoms with Gasteiger partial charge in [-0.3, -0.25) is 9.59 Å². The lowest BCUT2D eigenvalue weighted by atomic mass is 10.0. The number of carbonyl (C=O) groups excluding carboxylic acids is 3. The van der Waals surface area contributed by atoms with E-state index in [-0.39, 0.29) is 25.4 Å². The maximum absolute atomic E-state index is 13.5. The molecule has 0 aliphatic rings. The summed E-state index contributed by atoms with van der Waals surface area (Å²) in [5.74, 6) is -4.44. The third-order valence-electron chi connectivity index (χ3n) is 6.18. The Hall–Kier alpha value is -4.65. The van der Waals surface area contributed by atoms with Crippen LogP contribution in [-0.4, -0.2) is 77.0 Å². The van der Waals surface area contributed by atoms with Crippen molar-refractivity contribution in [2.24, 2.45) is 0 Å². The van der Waals surface area contributed by atoms with Gasteiger partial charge in [-0.1, -0.05) is 62.2 Å².